The van der Waals surface area contributed by atoms with Crippen molar-refractivity contribution in [3.63, 3.8) is 0 Å². The summed E-state index contributed by atoms with van der Waals surface area (Å²) in [7, 11) is 2.49. The molecule has 0 fully saturated rings. The van der Waals surface area contributed by atoms with Crippen LogP contribution in [0, 0.1) is 0 Å². The summed E-state index contributed by atoms with van der Waals surface area (Å²) < 4.78 is 9.73. The maximum atomic E-state index is 11.2. The first-order valence-electron chi connectivity index (χ1n) is 4.34. The van der Waals surface area contributed by atoms with Gasteiger partial charge in [-0.2, -0.15) is 0 Å². The lowest BCUT2D eigenvalue weighted by molar-refractivity contribution is -0.150. The van der Waals surface area contributed by atoms with Gasteiger partial charge in [-0.15, -0.1) is 0 Å². The van der Waals surface area contributed by atoms with Gasteiger partial charge in [-0.3, -0.25) is 0 Å². The Hall–Kier alpha value is -1.27. The van der Waals surface area contributed by atoms with E-state index in [-0.39, 0.29) is 17.1 Å². The lowest BCUT2D eigenvalue weighted by Gasteiger charge is -2.14. The third kappa shape index (κ3) is 2.28. The highest BCUT2D eigenvalue weighted by Gasteiger charge is 2.24. The molecule has 0 amide bonds. The Morgan fingerprint density at radius 2 is 2.06 bits per heavy atom. The average Bonchev–Trinajstić information content (AvgIpc) is 2.30. The van der Waals surface area contributed by atoms with E-state index in [1.165, 1.54) is 19.2 Å². The smallest absolute Gasteiger partial charge is 0.339 e. The van der Waals surface area contributed by atoms with Crippen molar-refractivity contribution in [3.05, 3.63) is 22.2 Å². The Balaban J connectivity index is 3.23. The van der Waals surface area contributed by atoms with Crippen LogP contribution in [0.5, 0.6) is 11.5 Å². The van der Waals surface area contributed by atoms with Crippen LogP contribution >= 0.6 is 15.9 Å². The van der Waals surface area contributed by atoms with Crippen molar-refractivity contribution in [1.82, 2.24) is 0 Å². The second-order valence-corrected chi connectivity index (χ2v) is 3.80. The molecule has 0 bridgehead atoms. The molecule has 1 aromatic rings. The Labute approximate surface area is 101 Å². The molecule has 2 N–H and O–H groups in total. The van der Waals surface area contributed by atoms with Crippen molar-refractivity contribution in [1.29, 1.82) is 0 Å². The number of hydrogen-bond donors (Lipinski definition) is 2. The number of benzene rings is 1. The zero-order valence-corrected chi connectivity index (χ0v) is 10.3. The number of aliphatic hydroxyl groups is 1. The number of rotatable bonds is 3. The van der Waals surface area contributed by atoms with Gasteiger partial charge < -0.3 is 19.7 Å². The van der Waals surface area contributed by atoms with Gasteiger partial charge in [0.25, 0.3) is 0 Å². The number of ether oxygens (including phenoxy) is 2. The van der Waals surface area contributed by atoms with Crippen molar-refractivity contribution in [2.45, 2.75) is 6.10 Å². The minimum atomic E-state index is -1.49. The van der Waals surface area contributed by atoms with Crippen LogP contribution in [0.2, 0.25) is 0 Å². The molecule has 0 saturated heterocycles. The number of aromatic hydroxyl groups is 1. The van der Waals surface area contributed by atoms with E-state index < -0.39 is 12.1 Å². The molecule has 0 saturated carbocycles. The molecular formula is C10H11BrO5. The topological polar surface area (TPSA) is 76.0 Å². The Morgan fingerprint density at radius 3 is 2.56 bits per heavy atom. The summed E-state index contributed by atoms with van der Waals surface area (Å²) >= 11 is 3.10. The molecule has 0 aliphatic rings. The van der Waals surface area contributed by atoms with Crippen LogP contribution in [-0.2, 0) is 9.53 Å². The molecule has 0 radical (unpaired) electrons. The van der Waals surface area contributed by atoms with Gasteiger partial charge in [0.15, 0.2) is 17.6 Å². The fourth-order valence-corrected chi connectivity index (χ4v) is 1.54. The van der Waals surface area contributed by atoms with Crippen molar-refractivity contribution in [2.24, 2.45) is 0 Å². The number of esters is 1. The fraction of sp³-hybridized carbons (Fsp3) is 0.300. The highest BCUT2D eigenvalue weighted by molar-refractivity contribution is 9.10. The molecule has 1 atom stereocenters. The summed E-state index contributed by atoms with van der Waals surface area (Å²) in [5, 5.41) is 19.3. The molecule has 1 rings (SSSR count). The molecule has 1 unspecified atom stereocenters. The monoisotopic (exact) mass is 290 g/mol. The Bertz CT molecular complexity index is 404. The van der Waals surface area contributed by atoms with Crippen molar-refractivity contribution in [2.75, 3.05) is 14.2 Å². The Kier molecular flexibility index (Phi) is 4.14. The van der Waals surface area contributed by atoms with Crippen LogP contribution in [0.1, 0.15) is 11.7 Å². The van der Waals surface area contributed by atoms with E-state index in [9.17, 15) is 15.0 Å². The third-order valence-electron chi connectivity index (χ3n) is 2.04. The molecule has 0 heterocycles. The fourth-order valence-electron chi connectivity index (χ4n) is 1.23. The number of methoxy groups -OCH3 is 2. The molecule has 0 spiro atoms. The number of aliphatic hydroxyl groups excluding tert-OH is 1. The number of halogens is 1. The van der Waals surface area contributed by atoms with Gasteiger partial charge in [-0.1, -0.05) is 6.07 Å². The third-order valence-corrected chi connectivity index (χ3v) is 2.68. The van der Waals surface area contributed by atoms with E-state index in [0.717, 1.165) is 7.11 Å². The highest BCUT2D eigenvalue weighted by atomic mass is 79.9. The van der Waals surface area contributed by atoms with Crippen LogP contribution in [-0.4, -0.2) is 30.4 Å². The molecule has 16 heavy (non-hydrogen) atoms. The van der Waals surface area contributed by atoms with Gasteiger partial charge >= 0.3 is 5.97 Å². The summed E-state index contributed by atoms with van der Waals surface area (Å²) in [6.07, 6.45) is -1.49. The van der Waals surface area contributed by atoms with E-state index in [2.05, 4.69) is 20.7 Å². The quantitative estimate of drug-likeness (QED) is 0.823. The predicted molar refractivity (Wildman–Crippen MR) is 59.3 cm³/mol. The standard InChI is InChI=1S/C10H11BrO5/c1-15-9-5(7(12)10(14)16-2)3-4-6(11)8(9)13/h3-4,7,12-13H,1-2H3. The van der Waals surface area contributed by atoms with Crippen LogP contribution in [0.4, 0.5) is 0 Å². The van der Waals surface area contributed by atoms with E-state index in [1.807, 2.05) is 0 Å². The van der Waals surface area contributed by atoms with E-state index in [0.29, 0.717) is 4.47 Å². The molecule has 0 aliphatic carbocycles. The second-order valence-electron chi connectivity index (χ2n) is 2.94. The van der Waals surface area contributed by atoms with E-state index >= 15 is 0 Å². The first-order chi connectivity index (χ1) is 7.52. The molecule has 1 aromatic carbocycles. The summed E-state index contributed by atoms with van der Waals surface area (Å²) in [5.74, 6) is -0.963. The summed E-state index contributed by atoms with van der Waals surface area (Å²) in [4.78, 5) is 11.2. The van der Waals surface area contributed by atoms with Crippen molar-refractivity contribution in [3.8, 4) is 11.5 Å². The van der Waals surface area contributed by atoms with Crippen LogP contribution in [0.3, 0.4) is 0 Å². The molecule has 5 nitrogen and oxygen atoms in total. The van der Waals surface area contributed by atoms with Crippen LogP contribution < -0.4 is 4.74 Å². The second kappa shape index (κ2) is 5.18. The lowest BCUT2D eigenvalue weighted by Crippen LogP contribution is -2.14. The number of phenols is 1. The van der Waals surface area contributed by atoms with Gasteiger partial charge in [0.2, 0.25) is 0 Å². The maximum Gasteiger partial charge on any atom is 0.339 e. The normalized spacial score (nSPS) is 12.0. The molecule has 0 aliphatic heterocycles. The summed E-state index contributed by atoms with van der Waals surface area (Å²) in [5.41, 5.74) is 0.148. The molecule has 6 heteroatoms. The molecule has 88 valence electrons. The zero-order chi connectivity index (χ0) is 12.3. The van der Waals surface area contributed by atoms with Gasteiger partial charge in [0, 0.05) is 5.56 Å². The number of phenolic OH excluding ortho intramolecular Hbond substituents is 1. The zero-order valence-electron chi connectivity index (χ0n) is 8.73. The van der Waals surface area contributed by atoms with E-state index in [4.69, 9.17) is 4.74 Å². The maximum absolute atomic E-state index is 11.2. The van der Waals surface area contributed by atoms with Crippen LogP contribution in [0.15, 0.2) is 16.6 Å². The first-order valence-corrected chi connectivity index (χ1v) is 5.13. The predicted octanol–water partition coefficient (Wildman–Crippen LogP) is 1.37. The minimum Gasteiger partial charge on any atom is -0.503 e. The minimum absolute atomic E-state index is 0.0345. The number of hydrogen-bond acceptors (Lipinski definition) is 5. The highest BCUT2D eigenvalue weighted by Crippen LogP contribution is 2.39. The van der Waals surface area contributed by atoms with Crippen LogP contribution in [0.25, 0.3) is 0 Å². The van der Waals surface area contributed by atoms with Crippen molar-refractivity contribution >= 4 is 21.9 Å². The largest absolute Gasteiger partial charge is 0.503 e. The van der Waals surface area contributed by atoms with Gasteiger partial charge in [0.05, 0.1) is 18.7 Å². The number of carbonyl (C=O) groups is 1. The van der Waals surface area contributed by atoms with Gasteiger partial charge in [-0.05, 0) is 22.0 Å². The number of carbonyl (C=O) groups excluding carboxylic acids is 1. The SMILES string of the molecule is COC(=O)C(O)c1ccc(Br)c(O)c1OC. The molecular weight excluding hydrogens is 280 g/mol. The van der Waals surface area contributed by atoms with E-state index in [1.54, 1.807) is 0 Å². The first kappa shape index (κ1) is 12.8. The van der Waals surface area contributed by atoms with Gasteiger partial charge in [-0.25, -0.2) is 4.79 Å². The Morgan fingerprint density at radius 1 is 1.44 bits per heavy atom. The molecule has 0 aromatic heterocycles. The van der Waals surface area contributed by atoms with Gasteiger partial charge in [0.1, 0.15) is 0 Å². The summed E-state index contributed by atoms with van der Waals surface area (Å²) in [6, 6.07) is 2.96. The average molecular weight is 291 g/mol. The van der Waals surface area contributed by atoms with Crippen molar-refractivity contribution < 1.29 is 24.5 Å². The summed E-state index contributed by atoms with van der Waals surface area (Å²) in [6.45, 7) is 0. The lowest BCUT2D eigenvalue weighted by atomic mass is 10.1.